The van der Waals surface area contributed by atoms with E-state index < -0.39 is 29.2 Å². The Labute approximate surface area is 302 Å². The third kappa shape index (κ3) is 21.0. The number of rotatable bonds is 17. The van der Waals surface area contributed by atoms with Crippen LogP contribution in [0.1, 0.15) is 54.9 Å². The minimum absolute atomic E-state index is 0. The molecule has 0 aromatic rings. The molecule has 211 valence electrons. The van der Waals surface area contributed by atoms with E-state index in [4.69, 9.17) is 18.9 Å². The third-order valence-electron chi connectivity index (χ3n) is 4.44. The first kappa shape index (κ1) is 45.2. The molecule has 0 aliphatic carbocycles. The molecule has 0 fully saturated rings. The molecule has 11 nitrogen and oxygen atoms in total. The van der Waals surface area contributed by atoms with Crippen LogP contribution in [0.15, 0.2) is 0 Å². The van der Waals surface area contributed by atoms with E-state index >= 15 is 0 Å². The van der Waals surface area contributed by atoms with E-state index in [1.54, 1.807) is 48.5 Å². The van der Waals surface area contributed by atoms with Crippen molar-refractivity contribution in [2.24, 2.45) is 5.41 Å². The van der Waals surface area contributed by atoms with Crippen molar-refractivity contribution in [3.8, 4) is 0 Å². The summed E-state index contributed by atoms with van der Waals surface area (Å²) in [6, 6.07) is 0. The Hall–Kier alpha value is 0.232. The van der Waals surface area contributed by atoms with Gasteiger partial charge < -0.3 is 29.6 Å². The topological polar surface area (TPSA) is 146 Å². The van der Waals surface area contributed by atoms with Crippen LogP contribution in [0.3, 0.4) is 0 Å². The minimum Gasteiger partial charge on any atom is -0.487 e. The largest absolute Gasteiger partial charge is 0.487 e. The summed E-state index contributed by atoms with van der Waals surface area (Å²) in [5, 5.41) is 5.19. The fourth-order valence-corrected chi connectivity index (χ4v) is 2.35. The summed E-state index contributed by atoms with van der Waals surface area (Å²) in [5.41, 5.74) is -1.26. The Kier molecular flexibility index (Phi) is 29.7. The predicted octanol–water partition coefficient (Wildman–Crippen LogP) is 1.10. The third-order valence-corrected chi connectivity index (χ3v) is 4.44. The Morgan fingerprint density at radius 1 is 0.632 bits per heavy atom. The molecule has 0 rings (SSSR count). The number of ether oxygens (including phenoxy) is 4. The Morgan fingerprint density at radius 3 is 1.37 bits per heavy atom. The van der Waals surface area contributed by atoms with E-state index in [2.05, 4.69) is 10.6 Å². The molecule has 2 N–H and O–H groups in total. The Balaban J connectivity index is -0.00000193. The van der Waals surface area contributed by atoms with E-state index in [1.807, 2.05) is 0 Å². The smallest absolute Gasteiger partial charge is 0.246 e. The molecular weight excluding hydrogens is 727 g/mol. The van der Waals surface area contributed by atoms with Gasteiger partial charge in [0.15, 0.2) is 17.9 Å². The second-order valence-corrected chi connectivity index (χ2v) is 8.77. The normalized spacial score (nSPS) is 9.76. The van der Waals surface area contributed by atoms with Gasteiger partial charge in [-0.25, -0.2) is 0 Å². The molecule has 0 atom stereocenters. The molecule has 0 saturated heterocycles. The van der Waals surface area contributed by atoms with E-state index in [0.717, 1.165) is 0 Å². The summed E-state index contributed by atoms with van der Waals surface area (Å²) in [7, 11) is 0. The van der Waals surface area contributed by atoms with Crippen molar-refractivity contribution in [2.45, 2.75) is 54.9 Å². The number of hydrogen-bond acceptors (Lipinski definition) is 9. The molecule has 3 radical (unpaired) electrons. The van der Waals surface area contributed by atoms with Crippen LogP contribution in [0.4, 0.5) is 0 Å². The fourth-order valence-electron chi connectivity index (χ4n) is 2.35. The maximum Gasteiger partial charge on any atom is 0.246 e. The Bertz CT molecular complexity index is 660. The number of esters is 3. The molecule has 38 heavy (non-hydrogen) atoms. The van der Waals surface area contributed by atoms with Crippen LogP contribution in [0, 0.1) is 23.2 Å². The van der Waals surface area contributed by atoms with E-state index in [0.29, 0.717) is 24.3 Å². The van der Waals surface area contributed by atoms with Gasteiger partial charge in [-0.15, -0.1) is 0 Å². The van der Waals surface area contributed by atoms with Gasteiger partial charge >= 0.3 is 0 Å². The standard InChI is InChI=1S/C24H39N2O9.3Y/c1-8-25-19(27)9-10-26-20(28)11-32-12-24(13-33-21(29)16(2)3,14-34-22(30)17(4)5)15-35-23(31)18(6)7;;;/h8-15H2,1-7H3,(H,25,27)(H,26,28);;;/q-3;;;. The van der Waals surface area contributed by atoms with E-state index in [-0.39, 0.29) is 150 Å². The van der Waals surface area contributed by atoms with Crippen LogP contribution >= 0.6 is 0 Å². The summed E-state index contributed by atoms with van der Waals surface area (Å²) < 4.78 is 21.5. The SMILES string of the molecule is CCNC(=O)CCNC(=O)COCC(COC(=O)[C-](C)C)(COC(=O)[C-](C)C)COC(=O)[C-](C)C.[Y].[Y].[Y]. The molecule has 0 aromatic carbocycles. The number of carbonyl (C=O) groups is 5. The van der Waals surface area contributed by atoms with Crippen molar-refractivity contribution in [3.05, 3.63) is 17.8 Å². The summed E-state index contributed by atoms with van der Waals surface area (Å²) in [4.78, 5) is 59.8. The molecule has 0 aromatic heterocycles. The van der Waals surface area contributed by atoms with Crippen LogP contribution in [-0.4, -0.2) is 75.8 Å². The minimum atomic E-state index is -1.26. The summed E-state index contributed by atoms with van der Waals surface area (Å²) >= 11 is 0. The number of amides is 2. The number of hydrogen-bond donors (Lipinski definition) is 2. The zero-order valence-corrected chi connectivity index (χ0v) is 32.1. The quantitative estimate of drug-likeness (QED) is 0.126. The van der Waals surface area contributed by atoms with Crippen molar-refractivity contribution in [2.75, 3.05) is 46.1 Å². The molecule has 2 amide bonds. The number of nitrogens with one attached hydrogen (secondary N) is 2. The second-order valence-electron chi connectivity index (χ2n) is 8.77. The van der Waals surface area contributed by atoms with Gasteiger partial charge in [0.25, 0.3) is 0 Å². The van der Waals surface area contributed by atoms with Gasteiger partial charge in [0.05, 0.1) is 12.0 Å². The van der Waals surface area contributed by atoms with Gasteiger partial charge in [-0.2, -0.15) is 41.5 Å². The first-order valence-electron chi connectivity index (χ1n) is 11.4. The molecule has 0 aliphatic heterocycles. The maximum atomic E-state index is 12.1. The molecule has 0 saturated carbocycles. The van der Waals surface area contributed by atoms with Gasteiger partial charge in [-0.1, -0.05) is 0 Å². The molecule has 0 aliphatic rings. The Morgan fingerprint density at radius 2 is 1.03 bits per heavy atom. The van der Waals surface area contributed by atoms with Crippen LogP contribution < -0.4 is 10.6 Å². The average molecular weight is 766 g/mol. The van der Waals surface area contributed by atoms with Gasteiger partial charge in [-0.3, -0.25) is 41.7 Å². The monoisotopic (exact) mass is 766 g/mol. The predicted molar refractivity (Wildman–Crippen MR) is 126 cm³/mol. The molecule has 0 unspecified atom stereocenters. The van der Waals surface area contributed by atoms with Gasteiger partial charge in [-0.05, 0) is 6.92 Å². The number of carbonyl (C=O) groups excluding carboxylic acids is 5. The first-order chi connectivity index (χ1) is 16.3. The summed E-state index contributed by atoms with van der Waals surface area (Å²) in [5.74, 6) is -1.19. The van der Waals surface area contributed by atoms with Crippen LogP contribution in [-0.2, 0) is 141 Å². The van der Waals surface area contributed by atoms with E-state index in [9.17, 15) is 24.0 Å². The maximum absolute atomic E-state index is 12.1. The molecule has 0 heterocycles. The fraction of sp³-hybridized carbons (Fsp3) is 0.667. The van der Waals surface area contributed by atoms with Crippen molar-refractivity contribution in [1.29, 1.82) is 0 Å². The molecule has 0 bridgehead atoms. The first-order valence-corrected chi connectivity index (χ1v) is 11.4. The van der Waals surface area contributed by atoms with Gasteiger partial charge in [0.2, 0.25) is 11.8 Å². The van der Waals surface area contributed by atoms with Crippen molar-refractivity contribution in [3.63, 3.8) is 0 Å². The van der Waals surface area contributed by atoms with Crippen LogP contribution in [0.2, 0.25) is 0 Å². The van der Waals surface area contributed by atoms with E-state index in [1.165, 1.54) is 0 Å². The summed E-state index contributed by atoms with van der Waals surface area (Å²) in [6.45, 7) is 10.4. The van der Waals surface area contributed by atoms with Crippen molar-refractivity contribution >= 4 is 29.7 Å². The second kappa shape index (κ2) is 25.0. The molecule has 0 spiro atoms. The summed E-state index contributed by atoms with van der Waals surface area (Å²) in [6.07, 6.45) is 0.123. The average Bonchev–Trinajstić information content (AvgIpc) is 2.78. The van der Waals surface area contributed by atoms with Gasteiger partial charge in [0, 0.05) is 118 Å². The van der Waals surface area contributed by atoms with Crippen LogP contribution in [0.25, 0.3) is 0 Å². The van der Waals surface area contributed by atoms with Crippen molar-refractivity contribution < 1.29 is 141 Å². The molecular formula is C24H39N2O9Y3-3. The van der Waals surface area contributed by atoms with Gasteiger partial charge in [0.1, 0.15) is 26.4 Å². The van der Waals surface area contributed by atoms with Crippen LogP contribution in [0.5, 0.6) is 0 Å². The zero-order chi connectivity index (χ0) is 27.0. The zero-order valence-electron chi connectivity index (χ0n) is 23.6. The van der Waals surface area contributed by atoms with Crippen molar-refractivity contribution in [1.82, 2.24) is 10.6 Å². The molecule has 14 heteroatoms.